The van der Waals surface area contributed by atoms with Crippen molar-refractivity contribution in [3.05, 3.63) is 35.2 Å². The van der Waals surface area contributed by atoms with Crippen LogP contribution in [0.1, 0.15) is 37.8 Å². The maximum atomic E-state index is 3.73. The van der Waals surface area contributed by atoms with E-state index in [0.29, 0.717) is 6.04 Å². The first kappa shape index (κ1) is 14.4. The highest BCUT2D eigenvalue weighted by Crippen LogP contribution is 2.35. The molecule has 0 spiro atoms. The molecule has 1 unspecified atom stereocenters. The van der Waals surface area contributed by atoms with Crippen LogP contribution < -0.4 is 5.32 Å². The summed E-state index contributed by atoms with van der Waals surface area (Å²) in [7, 11) is 0. The molecule has 2 heterocycles. The van der Waals surface area contributed by atoms with Crippen molar-refractivity contribution in [3.63, 3.8) is 0 Å². The minimum absolute atomic E-state index is 0.524. The SMILES string of the molecule is CCNC(CC1CCSCC1)c1cccc2ccsc12. The van der Waals surface area contributed by atoms with Crippen LogP contribution in [-0.4, -0.2) is 18.1 Å². The van der Waals surface area contributed by atoms with Gasteiger partial charge in [-0.2, -0.15) is 11.8 Å². The van der Waals surface area contributed by atoms with Crippen LogP contribution in [0.25, 0.3) is 10.1 Å². The number of thiophene rings is 1. The zero-order chi connectivity index (χ0) is 13.8. The van der Waals surface area contributed by atoms with Crippen LogP contribution in [0.3, 0.4) is 0 Å². The van der Waals surface area contributed by atoms with E-state index in [-0.39, 0.29) is 0 Å². The Kier molecular flexibility index (Phi) is 5.03. The first-order valence-electron chi connectivity index (χ1n) is 7.65. The molecule has 1 aromatic heterocycles. The van der Waals surface area contributed by atoms with E-state index in [2.05, 4.69) is 53.6 Å². The van der Waals surface area contributed by atoms with Crippen molar-refractivity contribution in [2.24, 2.45) is 5.92 Å². The topological polar surface area (TPSA) is 12.0 Å². The highest BCUT2D eigenvalue weighted by Gasteiger charge is 2.21. The molecule has 3 heteroatoms. The van der Waals surface area contributed by atoms with Crippen molar-refractivity contribution in [1.82, 2.24) is 5.32 Å². The second-order valence-electron chi connectivity index (χ2n) is 5.59. The van der Waals surface area contributed by atoms with E-state index in [9.17, 15) is 0 Å². The fraction of sp³-hybridized carbons (Fsp3) is 0.529. The predicted octanol–water partition coefficient (Wildman–Crippen LogP) is 5.09. The fourth-order valence-corrected chi connectivity index (χ4v) is 5.35. The largest absolute Gasteiger partial charge is 0.310 e. The van der Waals surface area contributed by atoms with Gasteiger partial charge in [-0.1, -0.05) is 25.1 Å². The molecular formula is C17H23NS2. The Morgan fingerprint density at radius 1 is 1.25 bits per heavy atom. The van der Waals surface area contributed by atoms with Crippen LogP contribution in [0.5, 0.6) is 0 Å². The summed E-state index contributed by atoms with van der Waals surface area (Å²) in [6.45, 7) is 3.27. The van der Waals surface area contributed by atoms with Gasteiger partial charge in [-0.25, -0.2) is 0 Å². The molecule has 0 saturated carbocycles. The minimum Gasteiger partial charge on any atom is -0.310 e. The Balaban J connectivity index is 1.83. The Morgan fingerprint density at radius 2 is 2.10 bits per heavy atom. The molecular weight excluding hydrogens is 282 g/mol. The van der Waals surface area contributed by atoms with Crippen LogP contribution in [0.2, 0.25) is 0 Å². The monoisotopic (exact) mass is 305 g/mol. The molecule has 0 aliphatic carbocycles. The number of fused-ring (bicyclic) bond motifs is 1. The molecule has 1 aromatic carbocycles. The Labute approximate surface area is 130 Å². The summed E-state index contributed by atoms with van der Waals surface area (Å²) in [6, 6.07) is 9.53. The van der Waals surface area contributed by atoms with Gasteiger partial charge >= 0.3 is 0 Å². The Morgan fingerprint density at radius 3 is 2.90 bits per heavy atom. The van der Waals surface area contributed by atoms with E-state index in [1.807, 2.05) is 11.3 Å². The van der Waals surface area contributed by atoms with Gasteiger partial charge in [0.25, 0.3) is 0 Å². The van der Waals surface area contributed by atoms with E-state index < -0.39 is 0 Å². The summed E-state index contributed by atoms with van der Waals surface area (Å²) >= 11 is 4.01. The fourth-order valence-electron chi connectivity index (χ4n) is 3.17. The molecule has 0 amide bonds. The first-order chi connectivity index (χ1) is 9.88. The van der Waals surface area contributed by atoms with Crippen LogP contribution in [0, 0.1) is 5.92 Å². The minimum atomic E-state index is 0.524. The van der Waals surface area contributed by atoms with Crippen molar-refractivity contribution in [1.29, 1.82) is 0 Å². The zero-order valence-corrected chi connectivity index (χ0v) is 13.7. The molecule has 2 aromatic rings. The maximum Gasteiger partial charge on any atom is 0.0390 e. The van der Waals surface area contributed by atoms with E-state index in [1.54, 1.807) is 0 Å². The van der Waals surface area contributed by atoms with Gasteiger partial charge in [0, 0.05) is 10.7 Å². The number of thioether (sulfide) groups is 1. The van der Waals surface area contributed by atoms with E-state index in [1.165, 1.54) is 46.4 Å². The molecule has 108 valence electrons. The van der Waals surface area contributed by atoms with Gasteiger partial charge in [-0.3, -0.25) is 0 Å². The number of hydrogen-bond donors (Lipinski definition) is 1. The van der Waals surface area contributed by atoms with Gasteiger partial charge in [-0.05, 0) is 65.6 Å². The molecule has 20 heavy (non-hydrogen) atoms. The van der Waals surface area contributed by atoms with Gasteiger partial charge < -0.3 is 5.32 Å². The van der Waals surface area contributed by atoms with Crippen LogP contribution in [0.15, 0.2) is 29.6 Å². The number of rotatable bonds is 5. The molecule has 1 N–H and O–H groups in total. The number of benzene rings is 1. The average Bonchev–Trinajstić information content (AvgIpc) is 2.96. The van der Waals surface area contributed by atoms with Crippen molar-refractivity contribution in [2.45, 2.75) is 32.2 Å². The molecule has 1 aliphatic heterocycles. The van der Waals surface area contributed by atoms with Crippen molar-refractivity contribution < 1.29 is 0 Å². The van der Waals surface area contributed by atoms with Gasteiger partial charge in [-0.15, -0.1) is 11.3 Å². The second kappa shape index (κ2) is 6.97. The first-order valence-corrected chi connectivity index (χ1v) is 9.69. The lowest BCUT2D eigenvalue weighted by Crippen LogP contribution is -2.25. The maximum absolute atomic E-state index is 3.73. The summed E-state index contributed by atoms with van der Waals surface area (Å²) in [5.41, 5.74) is 1.51. The Bertz CT molecular complexity index is 543. The number of nitrogens with one attached hydrogen (secondary N) is 1. The average molecular weight is 306 g/mol. The summed E-state index contributed by atoms with van der Waals surface area (Å²) in [6.07, 6.45) is 4.09. The van der Waals surface area contributed by atoms with E-state index >= 15 is 0 Å². The second-order valence-corrected chi connectivity index (χ2v) is 7.73. The highest BCUT2D eigenvalue weighted by atomic mass is 32.2. The lowest BCUT2D eigenvalue weighted by atomic mass is 9.90. The smallest absolute Gasteiger partial charge is 0.0390 e. The summed E-state index contributed by atoms with van der Waals surface area (Å²) in [5, 5.41) is 7.34. The van der Waals surface area contributed by atoms with Crippen molar-refractivity contribution in [2.75, 3.05) is 18.1 Å². The quantitative estimate of drug-likeness (QED) is 0.826. The third-order valence-corrected chi connectivity index (χ3v) is 6.27. The van der Waals surface area contributed by atoms with Gasteiger partial charge in [0.05, 0.1) is 0 Å². The standard InChI is InChI=1S/C17H23NS2/c1-2-18-16(12-13-6-9-19-10-7-13)15-5-3-4-14-8-11-20-17(14)15/h3-5,8,11,13,16,18H,2,6-7,9-10,12H2,1H3. The van der Waals surface area contributed by atoms with E-state index in [4.69, 9.17) is 0 Å². The third kappa shape index (κ3) is 3.21. The van der Waals surface area contributed by atoms with Crippen LogP contribution in [0.4, 0.5) is 0 Å². The predicted molar refractivity (Wildman–Crippen MR) is 92.9 cm³/mol. The summed E-state index contributed by atoms with van der Waals surface area (Å²) < 4.78 is 1.48. The molecule has 1 nitrogen and oxygen atoms in total. The molecule has 0 bridgehead atoms. The van der Waals surface area contributed by atoms with Gasteiger partial charge in [0.15, 0.2) is 0 Å². The van der Waals surface area contributed by atoms with Gasteiger partial charge in [0.1, 0.15) is 0 Å². The normalized spacial score (nSPS) is 18.4. The Hall–Kier alpha value is -0.510. The molecule has 1 atom stereocenters. The lowest BCUT2D eigenvalue weighted by molar-refractivity contribution is 0.376. The molecule has 1 saturated heterocycles. The highest BCUT2D eigenvalue weighted by molar-refractivity contribution is 7.99. The zero-order valence-electron chi connectivity index (χ0n) is 12.1. The molecule has 3 rings (SSSR count). The summed E-state index contributed by atoms with van der Waals surface area (Å²) in [4.78, 5) is 0. The molecule has 0 radical (unpaired) electrons. The lowest BCUT2D eigenvalue weighted by Gasteiger charge is -2.27. The third-order valence-electron chi connectivity index (χ3n) is 4.25. The molecule has 1 aliphatic rings. The van der Waals surface area contributed by atoms with Crippen LogP contribution >= 0.6 is 23.1 Å². The van der Waals surface area contributed by atoms with E-state index in [0.717, 1.165) is 12.5 Å². The molecule has 1 fully saturated rings. The summed E-state index contributed by atoms with van der Waals surface area (Å²) in [5.74, 6) is 3.61. The van der Waals surface area contributed by atoms with Crippen molar-refractivity contribution >= 4 is 33.2 Å². The van der Waals surface area contributed by atoms with Gasteiger partial charge in [0.2, 0.25) is 0 Å². The van der Waals surface area contributed by atoms with Crippen LogP contribution in [-0.2, 0) is 0 Å². The number of hydrogen-bond acceptors (Lipinski definition) is 3. The van der Waals surface area contributed by atoms with Crippen molar-refractivity contribution in [3.8, 4) is 0 Å².